The lowest BCUT2D eigenvalue weighted by molar-refractivity contribution is 0.319. The zero-order valence-electron chi connectivity index (χ0n) is 10.2. The van der Waals surface area contributed by atoms with Crippen LogP contribution in [0.15, 0.2) is 36.7 Å². The van der Waals surface area contributed by atoms with Gasteiger partial charge in [-0.1, -0.05) is 12.1 Å². The van der Waals surface area contributed by atoms with Crippen molar-refractivity contribution in [3.8, 4) is 17.5 Å². The van der Waals surface area contributed by atoms with Gasteiger partial charge < -0.3 is 15.2 Å². The highest BCUT2D eigenvalue weighted by molar-refractivity contribution is 5.30. The summed E-state index contributed by atoms with van der Waals surface area (Å²) in [7, 11) is 0. The summed E-state index contributed by atoms with van der Waals surface area (Å²) in [5.74, 6) is 1.55. The molecule has 0 saturated heterocycles. The summed E-state index contributed by atoms with van der Waals surface area (Å²) in [6.45, 7) is 2.95. The molecule has 0 radical (unpaired) electrons. The Morgan fingerprint density at radius 2 is 1.83 bits per heavy atom. The number of aromatic nitrogens is 2. The molecular weight excluding hydrogens is 230 g/mol. The molecule has 1 heterocycles. The van der Waals surface area contributed by atoms with Crippen molar-refractivity contribution in [2.24, 2.45) is 5.73 Å². The van der Waals surface area contributed by atoms with Crippen LogP contribution in [0.5, 0.6) is 17.5 Å². The van der Waals surface area contributed by atoms with Crippen molar-refractivity contribution in [3.63, 3.8) is 0 Å². The Balaban J connectivity index is 2.09. The van der Waals surface area contributed by atoms with Crippen molar-refractivity contribution in [1.29, 1.82) is 0 Å². The van der Waals surface area contributed by atoms with E-state index in [0.717, 1.165) is 5.56 Å². The third kappa shape index (κ3) is 3.18. The predicted molar refractivity (Wildman–Crippen MR) is 67.6 cm³/mol. The number of benzene rings is 1. The van der Waals surface area contributed by atoms with Crippen LogP contribution < -0.4 is 15.2 Å². The normalized spacial score (nSPS) is 10.1. The molecule has 1 aromatic heterocycles. The molecule has 0 aliphatic carbocycles. The van der Waals surface area contributed by atoms with Gasteiger partial charge in [-0.3, -0.25) is 4.98 Å². The first-order valence-electron chi connectivity index (χ1n) is 5.73. The van der Waals surface area contributed by atoms with Crippen LogP contribution in [0.1, 0.15) is 12.5 Å². The minimum atomic E-state index is 0.404. The molecule has 0 aliphatic heterocycles. The zero-order chi connectivity index (χ0) is 12.8. The predicted octanol–water partition coefficient (Wildman–Crippen LogP) is 2.13. The molecule has 0 bridgehead atoms. The lowest BCUT2D eigenvalue weighted by atomic mass is 10.2. The lowest BCUT2D eigenvalue weighted by Gasteiger charge is -2.06. The first-order valence-corrected chi connectivity index (χ1v) is 5.73. The molecule has 94 valence electrons. The monoisotopic (exact) mass is 245 g/mol. The van der Waals surface area contributed by atoms with Crippen LogP contribution in [0.2, 0.25) is 0 Å². The van der Waals surface area contributed by atoms with Crippen molar-refractivity contribution in [3.05, 3.63) is 42.2 Å². The summed E-state index contributed by atoms with van der Waals surface area (Å²) < 4.78 is 10.8. The van der Waals surface area contributed by atoms with Crippen molar-refractivity contribution < 1.29 is 9.47 Å². The fraction of sp³-hybridized carbons (Fsp3) is 0.231. The molecule has 0 aliphatic rings. The van der Waals surface area contributed by atoms with Gasteiger partial charge in [0.2, 0.25) is 11.8 Å². The Hall–Kier alpha value is -2.14. The van der Waals surface area contributed by atoms with Crippen LogP contribution in [0.25, 0.3) is 0 Å². The average Bonchev–Trinajstić information content (AvgIpc) is 2.40. The van der Waals surface area contributed by atoms with Crippen LogP contribution >= 0.6 is 0 Å². The molecule has 5 heteroatoms. The first-order chi connectivity index (χ1) is 8.81. The van der Waals surface area contributed by atoms with Gasteiger partial charge in [0.05, 0.1) is 19.0 Å². The summed E-state index contributed by atoms with van der Waals surface area (Å²) in [5.41, 5.74) is 6.58. The lowest BCUT2D eigenvalue weighted by Crippen LogP contribution is -1.97. The summed E-state index contributed by atoms with van der Waals surface area (Å²) in [5, 5.41) is 0. The van der Waals surface area contributed by atoms with Crippen molar-refractivity contribution in [2.75, 3.05) is 6.61 Å². The standard InChI is InChI=1S/C13H15N3O2/c1-2-17-12-8-15-9-13(16-12)18-11-5-3-10(7-14)4-6-11/h3-6,8-9H,2,7,14H2,1H3. The van der Waals surface area contributed by atoms with Crippen LogP contribution in [0.4, 0.5) is 0 Å². The van der Waals surface area contributed by atoms with Gasteiger partial charge in [-0.2, -0.15) is 4.98 Å². The molecule has 0 amide bonds. The molecule has 0 saturated carbocycles. The molecule has 5 nitrogen and oxygen atoms in total. The molecule has 1 aromatic carbocycles. The van der Waals surface area contributed by atoms with E-state index >= 15 is 0 Å². The van der Waals surface area contributed by atoms with E-state index < -0.39 is 0 Å². The van der Waals surface area contributed by atoms with Crippen LogP contribution in [-0.4, -0.2) is 16.6 Å². The highest BCUT2D eigenvalue weighted by atomic mass is 16.5. The second-order valence-corrected chi connectivity index (χ2v) is 3.58. The second-order valence-electron chi connectivity index (χ2n) is 3.58. The van der Waals surface area contributed by atoms with E-state index in [1.54, 1.807) is 12.4 Å². The fourth-order valence-corrected chi connectivity index (χ4v) is 1.41. The van der Waals surface area contributed by atoms with Gasteiger partial charge >= 0.3 is 0 Å². The van der Waals surface area contributed by atoms with Gasteiger partial charge in [0.25, 0.3) is 0 Å². The summed E-state index contributed by atoms with van der Waals surface area (Å²) in [6, 6.07) is 7.51. The van der Waals surface area contributed by atoms with E-state index in [9.17, 15) is 0 Å². The quantitative estimate of drug-likeness (QED) is 0.873. The topological polar surface area (TPSA) is 70.3 Å². The minimum absolute atomic E-state index is 0.404. The third-order valence-corrected chi connectivity index (χ3v) is 2.26. The molecule has 18 heavy (non-hydrogen) atoms. The van der Waals surface area contributed by atoms with Gasteiger partial charge in [-0.25, -0.2) is 0 Å². The van der Waals surface area contributed by atoms with E-state index in [1.807, 2.05) is 31.2 Å². The maximum atomic E-state index is 5.57. The van der Waals surface area contributed by atoms with Crippen LogP contribution in [0.3, 0.4) is 0 Å². The van der Waals surface area contributed by atoms with E-state index in [0.29, 0.717) is 30.7 Å². The molecule has 0 atom stereocenters. The maximum Gasteiger partial charge on any atom is 0.241 e. The Bertz CT molecular complexity index is 500. The zero-order valence-corrected chi connectivity index (χ0v) is 10.2. The summed E-state index contributed by atoms with van der Waals surface area (Å²) in [6.07, 6.45) is 3.09. The largest absolute Gasteiger partial charge is 0.477 e. The van der Waals surface area contributed by atoms with Crippen LogP contribution in [-0.2, 0) is 6.54 Å². The highest BCUT2D eigenvalue weighted by Gasteiger charge is 2.02. The molecule has 0 unspecified atom stereocenters. The Morgan fingerprint density at radius 1 is 1.11 bits per heavy atom. The number of nitrogens with two attached hydrogens (primary N) is 1. The second kappa shape index (κ2) is 5.97. The molecular formula is C13H15N3O2. The number of rotatable bonds is 5. The van der Waals surface area contributed by atoms with Gasteiger partial charge in [0.1, 0.15) is 5.75 Å². The van der Waals surface area contributed by atoms with E-state index in [2.05, 4.69) is 9.97 Å². The molecule has 2 rings (SSSR count). The Morgan fingerprint density at radius 3 is 2.50 bits per heavy atom. The third-order valence-electron chi connectivity index (χ3n) is 2.26. The highest BCUT2D eigenvalue weighted by Crippen LogP contribution is 2.20. The average molecular weight is 245 g/mol. The molecule has 0 spiro atoms. The molecule has 2 N–H and O–H groups in total. The molecule has 2 aromatic rings. The summed E-state index contributed by atoms with van der Waals surface area (Å²) in [4.78, 5) is 8.17. The SMILES string of the molecule is CCOc1cncc(Oc2ccc(CN)cc2)n1. The fourth-order valence-electron chi connectivity index (χ4n) is 1.41. The van der Waals surface area contributed by atoms with Gasteiger partial charge in [-0.05, 0) is 24.6 Å². The van der Waals surface area contributed by atoms with Crippen molar-refractivity contribution >= 4 is 0 Å². The van der Waals surface area contributed by atoms with E-state index in [-0.39, 0.29) is 0 Å². The number of hydrogen-bond acceptors (Lipinski definition) is 5. The minimum Gasteiger partial charge on any atom is -0.477 e. The smallest absolute Gasteiger partial charge is 0.241 e. The van der Waals surface area contributed by atoms with Crippen molar-refractivity contribution in [2.45, 2.75) is 13.5 Å². The van der Waals surface area contributed by atoms with Crippen molar-refractivity contribution in [1.82, 2.24) is 9.97 Å². The van der Waals surface area contributed by atoms with Gasteiger partial charge in [-0.15, -0.1) is 0 Å². The van der Waals surface area contributed by atoms with E-state index in [1.165, 1.54) is 0 Å². The number of hydrogen-bond donors (Lipinski definition) is 1. The Labute approximate surface area is 106 Å². The van der Waals surface area contributed by atoms with Gasteiger partial charge in [0.15, 0.2) is 0 Å². The van der Waals surface area contributed by atoms with Crippen LogP contribution in [0, 0.1) is 0 Å². The number of ether oxygens (including phenoxy) is 2. The maximum absolute atomic E-state index is 5.57. The Kier molecular flexibility index (Phi) is 4.09. The molecule has 0 fully saturated rings. The number of nitrogens with zero attached hydrogens (tertiary/aromatic N) is 2. The van der Waals surface area contributed by atoms with E-state index in [4.69, 9.17) is 15.2 Å². The van der Waals surface area contributed by atoms with Gasteiger partial charge in [0, 0.05) is 6.54 Å². The summed E-state index contributed by atoms with van der Waals surface area (Å²) >= 11 is 0. The first kappa shape index (κ1) is 12.3.